The van der Waals surface area contributed by atoms with Crippen molar-refractivity contribution in [3.8, 4) is 0 Å². The first kappa shape index (κ1) is 15.4. The molecule has 0 saturated carbocycles. The second-order valence-corrected chi connectivity index (χ2v) is 6.39. The van der Waals surface area contributed by atoms with Crippen molar-refractivity contribution >= 4 is 5.91 Å². The van der Waals surface area contributed by atoms with Crippen LogP contribution < -0.4 is 5.73 Å². The lowest BCUT2D eigenvalue weighted by atomic mass is 9.98. The Kier molecular flexibility index (Phi) is 5.17. The van der Waals surface area contributed by atoms with Crippen LogP contribution in [0.25, 0.3) is 0 Å². The third-order valence-electron chi connectivity index (χ3n) is 4.08. The summed E-state index contributed by atoms with van der Waals surface area (Å²) in [5.41, 5.74) is 6.21. The van der Waals surface area contributed by atoms with Crippen molar-refractivity contribution in [2.45, 2.75) is 52.6 Å². The van der Waals surface area contributed by atoms with E-state index in [1.54, 1.807) is 0 Å². The van der Waals surface area contributed by atoms with Gasteiger partial charge in [0.05, 0.1) is 6.04 Å². The summed E-state index contributed by atoms with van der Waals surface area (Å²) in [5, 5.41) is 0. The Morgan fingerprint density at radius 3 is 2.11 bits per heavy atom. The van der Waals surface area contributed by atoms with Gasteiger partial charge in [-0.3, -0.25) is 9.69 Å². The van der Waals surface area contributed by atoms with Crippen LogP contribution in [0.5, 0.6) is 0 Å². The second kappa shape index (κ2) is 6.02. The lowest BCUT2D eigenvalue weighted by Crippen LogP contribution is -2.57. The van der Waals surface area contributed by atoms with Crippen molar-refractivity contribution in [1.29, 1.82) is 0 Å². The Morgan fingerprint density at radius 1 is 1.22 bits per heavy atom. The highest BCUT2D eigenvalue weighted by molar-refractivity contribution is 5.82. The molecule has 1 aliphatic rings. The molecule has 0 aromatic carbocycles. The van der Waals surface area contributed by atoms with Crippen molar-refractivity contribution in [1.82, 2.24) is 9.80 Å². The number of piperazine rings is 1. The molecule has 4 nitrogen and oxygen atoms in total. The Morgan fingerprint density at radius 2 is 1.72 bits per heavy atom. The predicted octanol–water partition coefficient (Wildman–Crippen LogP) is 1.30. The van der Waals surface area contributed by atoms with Crippen molar-refractivity contribution in [3.05, 3.63) is 0 Å². The van der Waals surface area contributed by atoms with E-state index in [0.717, 1.165) is 32.6 Å². The maximum atomic E-state index is 12.2. The molecule has 1 amide bonds. The molecular formula is C14H29N3O. The van der Waals surface area contributed by atoms with Crippen LogP contribution in [0.3, 0.4) is 0 Å². The van der Waals surface area contributed by atoms with Gasteiger partial charge in [-0.1, -0.05) is 20.3 Å². The molecule has 1 unspecified atom stereocenters. The zero-order chi connectivity index (χ0) is 13.9. The molecule has 106 valence electrons. The van der Waals surface area contributed by atoms with Crippen LogP contribution >= 0.6 is 0 Å². The first-order chi connectivity index (χ1) is 8.27. The standard InChI is InChI=1S/C14H29N3O/c1-6-11(2)12(15)13(18)16-7-9-17(10-8-16)14(3,4)5/h11-12H,6-10,15H2,1-5H3/t11?,12-/m0/s1. The van der Waals surface area contributed by atoms with E-state index < -0.39 is 0 Å². The molecular weight excluding hydrogens is 226 g/mol. The summed E-state index contributed by atoms with van der Waals surface area (Å²) in [6, 6.07) is -0.337. The Labute approximate surface area is 111 Å². The summed E-state index contributed by atoms with van der Waals surface area (Å²) in [6.07, 6.45) is 0.953. The van der Waals surface area contributed by atoms with E-state index in [-0.39, 0.29) is 23.4 Å². The SMILES string of the molecule is CCC(C)[C@H](N)C(=O)N1CCN(C(C)(C)C)CC1. The zero-order valence-corrected chi connectivity index (χ0v) is 12.6. The number of hydrogen-bond donors (Lipinski definition) is 1. The molecule has 18 heavy (non-hydrogen) atoms. The van der Waals surface area contributed by atoms with Crippen LogP contribution in [0.4, 0.5) is 0 Å². The van der Waals surface area contributed by atoms with E-state index in [2.05, 4.69) is 32.6 Å². The van der Waals surface area contributed by atoms with Gasteiger partial charge in [-0.2, -0.15) is 0 Å². The van der Waals surface area contributed by atoms with Crippen LogP contribution in [0.1, 0.15) is 41.0 Å². The molecule has 0 aromatic heterocycles. The van der Waals surface area contributed by atoms with Gasteiger partial charge >= 0.3 is 0 Å². The molecule has 2 N–H and O–H groups in total. The molecule has 1 fully saturated rings. The number of carbonyl (C=O) groups is 1. The number of nitrogens with zero attached hydrogens (tertiary/aromatic N) is 2. The van der Waals surface area contributed by atoms with Gasteiger partial charge < -0.3 is 10.6 Å². The molecule has 2 atom stereocenters. The summed E-state index contributed by atoms with van der Waals surface area (Å²) < 4.78 is 0. The Balaban J connectivity index is 2.50. The summed E-state index contributed by atoms with van der Waals surface area (Å²) in [4.78, 5) is 16.6. The topological polar surface area (TPSA) is 49.6 Å². The molecule has 1 aliphatic heterocycles. The van der Waals surface area contributed by atoms with Crippen molar-refractivity contribution < 1.29 is 4.79 Å². The maximum absolute atomic E-state index is 12.2. The molecule has 0 aromatic rings. The van der Waals surface area contributed by atoms with Gasteiger partial charge in [-0.05, 0) is 26.7 Å². The minimum atomic E-state index is -0.337. The van der Waals surface area contributed by atoms with Crippen molar-refractivity contribution in [2.24, 2.45) is 11.7 Å². The average Bonchev–Trinajstić information content (AvgIpc) is 2.35. The van der Waals surface area contributed by atoms with Gasteiger partial charge in [0.2, 0.25) is 5.91 Å². The van der Waals surface area contributed by atoms with Crippen LogP contribution in [-0.2, 0) is 4.79 Å². The summed E-state index contributed by atoms with van der Waals surface area (Å²) in [6.45, 7) is 14.3. The Hall–Kier alpha value is -0.610. The van der Waals surface area contributed by atoms with Gasteiger partial charge in [0.1, 0.15) is 0 Å². The lowest BCUT2D eigenvalue weighted by molar-refractivity contribution is -0.136. The molecule has 0 spiro atoms. The molecule has 1 rings (SSSR count). The molecule has 0 aliphatic carbocycles. The fraction of sp³-hybridized carbons (Fsp3) is 0.929. The highest BCUT2D eigenvalue weighted by Gasteiger charge is 2.30. The summed E-state index contributed by atoms with van der Waals surface area (Å²) >= 11 is 0. The van der Waals surface area contributed by atoms with Gasteiger partial charge in [0.25, 0.3) is 0 Å². The van der Waals surface area contributed by atoms with E-state index in [9.17, 15) is 4.79 Å². The number of hydrogen-bond acceptors (Lipinski definition) is 3. The van der Waals surface area contributed by atoms with E-state index in [1.807, 2.05) is 11.8 Å². The van der Waals surface area contributed by atoms with Gasteiger partial charge in [-0.25, -0.2) is 0 Å². The third-order valence-corrected chi connectivity index (χ3v) is 4.08. The monoisotopic (exact) mass is 255 g/mol. The number of carbonyl (C=O) groups excluding carboxylic acids is 1. The van der Waals surface area contributed by atoms with Crippen LogP contribution in [0, 0.1) is 5.92 Å². The highest BCUT2D eigenvalue weighted by atomic mass is 16.2. The maximum Gasteiger partial charge on any atom is 0.239 e. The molecule has 0 radical (unpaired) electrons. The Bertz CT molecular complexity index is 277. The summed E-state index contributed by atoms with van der Waals surface area (Å²) in [7, 11) is 0. The van der Waals surface area contributed by atoms with E-state index in [1.165, 1.54) is 0 Å². The minimum Gasteiger partial charge on any atom is -0.339 e. The van der Waals surface area contributed by atoms with Crippen LogP contribution in [0.2, 0.25) is 0 Å². The normalized spacial score (nSPS) is 21.8. The van der Waals surface area contributed by atoms with Crippen molar-refractivity contribution in [2.75, 3.05) is 26.2 Å². The number of rotatable bonds is 3. The highest BCUT2D eigenvalue weighted by Crippen LogP contribution is 2.17. The van der Waals surface area contributed by atoms with E-state index >= 15 is 0 Å². The van der Waals surface area contributed by atoms with Crippen LogP contribution in [0.15, 0.2) is 0 Å². The quantitative estimate of drug-likeness (QED) is 0.827. The first-order valence-electron chi connectivity index (χ1n) is 7.06. The molecule has 1 heterocycles. The molecule has 4 heteroatoms. The minimum absolute atomic E-state index is 0.123. The fourth-order valence-corrected chi connectivity index (χ4v) is 2.31. The average molecular weight is 255 g/mol. The largest absolute Gasteiger partial charge is 0.339 e. The number of amides is 1. The lowest BCUT2D eigenvalue weighted by Gasteiger charge is -2.43. The molecule has 1 saturated heterocycles. The fourth-order valence-electron chi connectivity index (χ4n) is 2.31. The number of nitrogens with two attached hydrogens (primary N) is 1. The second-order valence-electron chi connectivity index (χ2n) is 6.39. The van der Waals surface area contributed by atoms with Gasteiger partial charge in [0, 0.05) is 31.7 Å². The first-order valence-corrected chi connectivity index (χ1v) is 7.06. The third kappa shape index (κ3) is 3.69. The van der Waals surface area contributed by atoms with E-state index in [4.69, 9.17) is 5.73 Å². The van der Waals surface area contributed by atoms with Gasteiger partial charge in [-0.15, -0.1) is 0 Å². The molecule has 0 bridgehead atoms. The summed E-state index contributed by atoms with van der Waals surface area (Å²) in [5.74, 6) is 0.385. The zero-order valence-electron chi connectivity index (χ0n) is 12.6. The van der Waals surface area contributed by atoms with Crippen molar-refractivity contribution in [3.63, 3.8) is 0 Å². The van der Waals surface area contributed by atoms with Crippen LogP contribution in [-0.4, -0.2) is 53.5 Å². The van der Waals surface area contributed by atoms with E-state index in [0.29, 0.717) is 0 Å². The van der Waals surface area contributed by atoms with Gasteiger partial charge in [0.15, 0.2) is 0 Å². The smallest absolute Gasteiger partial charge is 0.239 e. The predicted molar refractivity (Wildman–Crippen MR) is 75.3 cm³/mol.